The molecule has 0 aliphatic rings. The molecule has 0 saturated heterocycles. The first kappa shape index (κ1) is 16.1. The predicted octanol–water partition coefficient (Wildman–Crippen LogP) is 4.45. The summed E-state index contributed by atoms with van der Waals surface area (Å²) in [7, 11) is 0. The van der Waals surface area contributed by atoms with E-state index in [1.54, 1.807) is 6.07 Å². The lowest BCUT2D eigenvalue weighted by Crippen LogP contribution is -2.02. The van der Waals surface area contributed by atoms with E-state index in [9.17, 15) is 0 Å². The van der Waals surface area contributed by atoms with Gasteiger partial charge in [-0.2, -0.15) is 0 Å². The fourth-order valence-electron chi connectivity index (χ4n) is 1.59. The Morgan fingerprint density at radius 2 is 1.58 bits per heavy atom. The summed E-state index contributed by atoms with van der Waals surface area (Å²) in [6.07, 6.45) is 0. The number of ether oxygens (including phenoxy) is 1. The SMILES string of the molecule is Cl.NCc1cc(Cl)ccc1OCc1ccc(Cl)cc1. The standard InChI is InChI=1S/C14H13Cl2NO.ClH/c15-12-3-1-10(2-4-12)9-18-14-6-5-13(16)7-11(14)8-17;/h1-7H,8-9,17H2;1H. The van der Waals surface area contributed by atoms with E-state index in [1.165, 1.54) is 0 Å². The van der Waals surface area contributed by atoms with Crippen molar-refractivity contribution >= 4 is 35.6 Å². The van der Waals surface area contributed by atoms with Crippen LogP contribution < -0.4 is 10.5 Å². The van der Waals surface area contributed by atoms with Crippen molar-refractivity contribution in [3.05, 3.63) is 63.6 Å². The van der Waals surface area contributed by atoms with E-state index in [2.05, 4.69) is 0 Å². The maximum absolute atomic E-state index is 5.90. The van der Waals surface area contributed by atoms with Crippen molar-refractivity contribution < 1.29 is 4.74 Å². The average molecular weight is 319 g/mol. The number of nitrogens with two attached hydrogens (primary N) is 1. The molecule has 2 aromatic carbocycles. The van der Waals surface area contributed by atoms with Crippen LogP contribution in [-0.2, 0) is 13.2 Å². The number of hydrogen-bond acceptors (Lipinski definition) is 2. The minimum absolute atomic E-state index is 0. The normalized spacial score (nSPS) is 9.84. The summed E-state index contributed by atoms with van der Waals surface area (Å²) in [5, 5.41) is 1.38. The smallest absolute Gasteiger partial charge is 0.124 e. The molecule has 2 nitrogen and oxygen atoms in total. The topological polar surface area (TPSA) is 35.2 Å². The van der Waals surface area contributed by atoms with Crippen LogP contribution in [0.1, 0.15) is 11.1 Å². The maximum atomic E-state index is 5.90. The third-order valence-corrected chi connectivity index (χ3v) is 3.04. The molecule has 19 heavy (non-hydrogen) atoms. The molecule has 0 spiro atoms. The second-order valence-electron chi connectivity index (χ2n) is 3.87. The van der Waals surface area contributed by atoms with Crippen molar-refractivity contribution in [1.82, 2.24) is 0 Å². The predicted molar refractivity (Wildman–Crippen MR) is 82.4 cm³/mol. The summed E-state index contributed by atoms with van der Waals surface area (Å²) in [6, 6.07) is 13.0. The largest absolute Gasteiger partial charge is 0.489 e. The van der Waals surface area contributed by atoms with Gasteiger partial charge in [-0.25, -0.2) is 0 Å². The first-order chi connectivity index (χ1) is 8.69. The lowest BCUT2D eigenvalue weighted by molar-refractivity contribution is 0.303. The molecule has 0 heterocycles. The van der Waals surface area contributed by atoms with E-state index in [1.807, 2.05) is 36.4 Å². The lowest BCUT2D eigenvalue weighted by atomic mass is 10.2. The minimum Gasteiger partial charge on any atom is -0.489 e. The van der Waals surface area contributed by atoms with Crippen molar-refractivity contribution in [2.75, 3.05) is 0 Å². The first-order valence-electron chi connectivity index (χ1n) is 5.55. The summed E-state index contributed by atoms with van der Waals surface area (Å²) >= 11 is 11.7. The van der Waals surface area contributed by atoms with Gasteiger partial charge in [0.25, 0.3) is 0 Å². The van der Waals surface area contributed by atoms with Crippen LogP contribution in [-0.4, -0.2) is 0 Å². The molecule has 0 aliphatic carbocycles. The van der Waals surface area contributed by atoms with Crippen LogP contribution in [0.2, 0.25) is 10.0 Å². The molecule has 102 valence electrons. The molecule has 0 aliphatic heterocycles. The van der Waals surface area contributed by atoms with Gasteiger partial charge in [0.2, 0.25) is 0 Å². The van der Waals surface area contributed by atoms with E-state index in [0.29, 0.717) is 23.2 Å². The Hall–Kier alpha value is -0.930. The highest BCUT2D eigenvalue weighted by molar-refractivity contribution is 6.30. The van der Waals surface area contributed by atoms with Gasteiger partial charge in [0, 0.05) is 22.2 Å². The van der Waals surface area contributed by atoms with Crippen LogP contribution in [0.4, 0.5) is 0 Å². The Balaban J connectivity index is 0.00000180. The highest BCUT2D eigenvalue weighted by atomic mass is 35.5. The zero-order valence-corrected chi connectivity index (χ0v) is 12.4. The monoisotopic (exact) mass is 317 g/mol. The molecule has 5 heteroatoms. The van der Waals surface area contributed by atoms with E-state index in [0.717, 1.165) is 16.9 Å². The van der Waals surface area contributed by atoms with Crippen LogP contribution in [0, 0.1) is 0 Å². The Morgan fingerprint density at radius 1 is 0.947 bits per heavy atom. The first-order valence-corrected chi connectivity index (χ1v) is 6.30. The molecule has 2 aromatic rings. The van der Waals surface area contributed by atoms with E-state index in [4.69, 9.17) is 33.7 Å². The van der Waals surface area contributed by atoms with Gasteiger partial charge in [-0.15, -0.1) is 12.4 Å². The van der Waals surface area contributed by atoms with Crippen molar-refractivity contribution in [3.63, 3.8) is 0 Å². The summed E-state index contributed by atoms with van der Waals surface area (Å²) in [5.74, 6) is 0.761. The van der Waals surface area contributed by atoms with Crippen LogP contribution >= 0.6 is 35.6 Å². The highest BCUT2D eigenvalue weighted by Crippen LogP contribution is 2.23. The molecule has 0 unspecified atom stereocenters. The van der Waals surface area contributed by atoms with Gasteiger partial charge in [0.1, 0.15) is 12.4 Å². The van der Waals surface area contributed by atoms with Gasteiger partial charge in [0.15, 0.2) is 0 Å². The third-order valence-electron chi connectivity index (χ3n) is 2.55. The number of hydrogen-bond donors (Lipinski definition) is 1. The number of halogens is 3. The quantitative estimate of drug-likeness (QED) is 0.903. The molecule has 0 fully saturated rings. The number of benzene rings is 2. The maximum Gasteiger partial charge on any atom is 0.124 e. The van der Waals surface area contributed by atoms with Gasteiger partial charge < -0.3 is 10.5 Å². The molecule has 0 saturated carbocycles. The summed E-state index contributed by atoms with van der Waals surface area (Å²) in [6.45, 7) is 0.877. The Morgan fingerprint density at radius 3 is 2.21 bits per heavy atom. The van der Waals surface area contributed by atoms with Crippen molar-refractivity contribution in [3.8, 4) is 5.75 Å². The Labute approximate surface area is 128 Å². The second kappa shape index (κ2) is 7.61. The lowest BCUT2D eigenvalue weighted by Gasteiger charge is -2.10. The van der Waals surface area contributed by atoms with Crippen LogP contribution in [0.25, 0.3) is 0 Å². The van der Waals surface area contributed by atoms with E-state index < -0.39 is 0 Å². The molecule has 0 bridgehead atoms. The van der Waals surface area contributed by atoms with Gasteiger partial charge in [-0.3, -0.25) is 0 Å². The van der Waals surface area contributed by atoms with Crippen molar-refractivity contribution in [2.24, 2.45) is 5.73 Å². The van der Waals surface area contributed by atoms with E-state index >= 15 is 0 Å². The molecular weight excluding hydrogens is 305 g/mol. The summed E-state index contributed by atoms with van der Waals surface area (Å²) < 4.78 is 5.73. The molecule has 0 aromatic heterocycles. The van der Waals surface area contributed by atoms with Gasteiger partial charge in [0.05, 0.1) is 0 Å². The zero-order chi connectivity index (χ0) is 13.0. The third kappa shape index (κ3) is 4.59. The van der Waals surface area contributed by atoms with E-state index in [-0.39, 0.29) is 12.4 Å². The van der Waals surface area contributed by atoms with Gasteiger partial charge >= 0.3 is 0 Å². The van der Waals surface area contributed by atoms with Gasteiger partial charge in [-0.05, 0) is 35.9 Å². The summed E-state index contributed by atoms with van der Waals surface area (Å²) in [5.41, 5.74) is 7.60. The Bertz CT molecular complexity index is 529. The fraction of sp³-hybridized carbons (Fsp3) is 0.143. The summed E-state index contributed by atoms with van der Waals surface area (Å²) in [4.78, 5) is 0. The van der Waals surface area contributed by atoms with Crippen LogP contribution in [0.15, 0.2) is 42.5 Å². The van der Waals surface area contributed by atoms with Crippen LogP contribution in [0.3, 0.4) is 0 Å². The van der Waals surface area contributed by atoms with Crippen molar-refractivity contribution in [2.45, 2.75) is 13.2 Å². The van der Waals surface area contributed by atoms with Gasteiger partial charge in [-0.1, -0.05) is 35.3 Å². The highest BCUT2D eigenvalue weighted by Gasteiger charge is 2.03. The molecule has 2 rings (SSSR count). The average Bonchev–Trinajstić information content (AvgIpc) is 2.39. The molecule has 0 amide bonds. The fourth-order valence-corrected chi connectivity index (χ4v) is 1.91. The molecular formula is C14H14Cl3NO. The minimum atomic E-state index is 0. The zero-order valence-electron chi connectivity index (χ0n) is 10.1. The molecule has 2 N–H and O–H groups in total. The second-order valence-corrected chi connectivity index (χ2v) is 4.74. The number of rotatable bonds is 4. The molecule has 0 atom stereocenters. The molecule has 0 radical (unpaired) electrons. The van der Waals surface area contributed by atoms with Crippen molar-refractivity contribution in [1.29, 1.82) is 0 Å². The Kier molecular flexibility index (Phi) is 6.46. The van der Waals surface area contributed by atoms with Crippen LogP contribution in [0.5, 0.6) is 5.75 Å².